The van der Waals surface area contributed by atoms with Gasteiger partial charge < -0.3 is 89.9 Å². The van der Waals surface area contributed by atoms with E-state index in [2.05, 4.69) is 104 Å². The molecule has 3 aliphatic heterocycles. The first-order valence-corrected chi connectivity index (χ1v) is 48.0. The first-order valence-electron chi connectivity index (χ1n) is 48.0. The van der Waals surface area contributed by atoms with Crippen molar-refractivity contribution in [3.63, 3.8) is 0 Å². The maximum absolute atomic E-state index is 13.5. The Kier molecular flexibility index (Phi) is 70.4. The van der Waals surface area contributed by atoms with Gasteiger partial charge in [0.1, 0.15) is 73.2 Å². The molecule has 17 unspecified atom stereocenters. The summed E-state index contributed by atoms with van der Waals surface area (Å²) in [5.41, 5.74) is 0. The maximum atomic E-state index is 13.5. The first kappa shape index (κ1) is 108. The topological polar surface area (TPSA) is 307 Å². The Morgan fingerprint density at radius 1 is 0.316 bits per heavy atom. The number of amides is 1. The standard InChI is InChI=1S/C98H175NO18/c1-3-5-7-9-11-13-15-17-19-21-23-25-27-29-31-33-35-36-37-38-39-40-41-42-43-44-46-48-50-52-54-56-58-60-62-64-66-68-70-72-74-76-86(104)99-81(82(103)75-73-71-69-67-65-63-61-59-57-55-53-51-49-47-45-34-32-30-28-26-24-22-20-18-16-14-12-10-8-6-4-2)80-112-96-92(110)89(107)94(84(78-101)114-96)117-98-93(111)90(108)95(85(79-102)115-98)116-97-91(109)88(106)87(105)83(77-100)113-97/h5,7,11,13,17,19,23,25,29,31,57,59,65,67,73,75,81-85,87-98,100-103,105-111H,3-4,6,8-10,12,14-16,18,20-22,24,26-28,30,32-56,58,60-64,66,68-72,74,76-80H2,1-2H3,(H,99,104)/b7-5-,13-11-,19-17-,25-23-,31-29-,59-57+,67-65+,75-73+. The van der Waals surface area contributed by atoms with Crippen molar-refractivity contribution < 1.29 is 89.4 Å². The van der Waals surface area contributed by atoms with Crippen molar-refractivity contribution in [1.29, 1.82) is 0 Å². The van der Waals surface area contributed by atoms with E-state index in [0.717, 1.165) is 77.0 Å². The third-order valence-electron chi connectivity index (χ3n) is 23.3. The van der Waals surface area contributed by atoms with Crippen LogP contribution in [0.3, 0.4) is 0 Å². The van der Waals surface area contributed by atoms with Gasteiger partial charge in [0.2, 0.25) is 5.91 Å². The third-order valence-corrected chi connectivity index (χ3v) is 23.3. The molecule has 0 spiro atoms. The van der Waals surface area contributed by atoms with Crippen molar-refractivity contribution in [2.24, 2.45) is 0 Å². The average molecular weight is 1660 g/mol. The molecule has 3 heterocycles. The monoisotopic (exact) mass is 1650 g/mol. The highest BCUT2D eigenvalue weighted by Crippen LogP contribution is 2.34. The number of unbranched alkanes of at least 4 members (excludes halogenated alkanes) is 48. The molecule has 0 aromatic heterocycles. The molecule has 3 saturated heterocycles. The van der Waals surface area contributed by atoms with E-state index in [-0.39, 0.29) is 18.9 Å². The predicted molar refractivity (Wildman–Crippen MR) is 475 cm³/mol. The van der Waals surface area contributed by atoms with Gasteiger partial charge in [0, 0.05) is 6.42 Å². The number of carbonyl (C=O) groups excluding carboxylic acids is 1. The van der Waals surface area contributed by atoms with Crippen LogP contribution in [0.4, 0.5) is 0 Å². The highest BCUT2D eigenvalue weighted by Gasteiger charge is 2.54. The Bertz CT molecular complexity index is 2490. The second-order valence-electron chi connectivity index (χ2n) is 33.8. The van der Waals surface area contributed by atoms with Crippen molar-refractivity contribution in [2.75, 3.05) is 26.4 Å². The van der Waals surface area contributed by atoms with Gasteiger partial charge in [-0.2, -0.15) is 0 Å². The van der Waals surface area contributed by atoms with Crippen molar-refractivity contribution in [1.82, 2.24) is 5.32 Å². The Hall–Kier alpha value is -3.29. The molecule has 12 N–H and O–H groups in total. The van der Waals surface area contributed by atoms with E-state index in [0.29, 0.717) is 12.8 Å². The van der Waals surface area contributed by atoms with Crippen LogP contribution < -0.4 is 5.32 Å². The van der Waals surface area contributed by atoms with Crippen LogP contribution in [0.15, 0.2) is 97.2 Å². The molecular formula is C98H175NO18. The first-order chi connectivity index (χ1) is 57.3. The number of aliphatic hydroxyl groups excluding tert-OH is 11. The fourth-order valence-electron chi connectivity index (χ4n) is 15.8. The van der Waals surface area contributed by atoms with Crippen LogP contribution in [-0.2, 0) is 33.2 Å². The zero-order valence-electron chi connectivity index (χ0n) is 73.7. The van der Waals surface area contributed by atoms with Gasteiger partial charge in [0.05, 0.1) is 38.6 Å². The van der Waals surface area contributed by atoms with Gasteiger partial charge in [-0.25, -0.2) is 0 Å². The molecule has 19 heteroatoms. The van der Waals surface area contributed by atoms with Crippen LogP contribution in [-0.4, -0.2) is 193 Å². The summed E-state index contributed by atoms with van der Waals surface area (Å²) >= 11 is 0. The minimum absolute atomic E-state index is 0.232. The summed E-state index contributed by atoms with van der Waals surface area (Å²) in [7, 11) is 0. The lowest BCUT2D eigenvalue weighted by molar-refractivity contribution is -0.379. The van der Waals surface area contributed by atoms with Gasteiger partial charge >= 0.3 is 0 Å². The number of rotatable bonds is 78. The summed E-state index contributed by atoms with van der Waals surface area (Å²) < 4.78 is 34.5. The SMILES string of the molecule is CC/C=C\C/C=C\C/C=C\C/C=C\C/C=C\CCCCCCCCCCCCCCCCCCCCCCCCCCCC(=O)NC(COC1OC(CO)C(OC2OC(CO)C(OC3OC(CO)C(O)C(O)C3O)C(O)C2O)C(O)C1O)C(O)/C=C/CC/C=C/CC/C=C/CCCCCCCCCCCCCCCCCCCCCCC. The number of carbonyl (C=O) groups is 1. The smallest absolute Gasteiger partial charge is 0.220 e. The summed E-state index contributed by atoms with van der Waals surface area (Å²) in [5.74, 6) is -0.284. The molecule has 0 aliphatic carbocycles. The summed E-state index contributed by atoms with van der Waals surface area (Å²) in [4.78, 5) is 13.5. The molecule has 17 atom stereocenters. The minimum atomic E-state index is -1.99. The van der Waals surface area contributed by atoms with Crippen molar-refractivity contribution in [2.45, 2.75) is 491 Å². The van der Waals surface area contributed by atoms with E-state index in [1.807, 2.05) is 6.08 Å². The van der Waals surface area contributed by atoms with Crippen LogP contribution >= 0.6 is 0 Å². The van der Waals surface area contributed by atoms with Crippen LogP contribution in [0.2, 0.25) is 0 Å². The number of nitrogens with one attached hydrogen (secondary N) is 1. The zero-order valence-corrected chi connectivity index (χ0v) is 73.7. The molecule has 0 saturated carbocycles. The summed E-state index contributed by atoms with van der Waals surface area (Å²) in [5, 5.41) is 121. The molecule has 680 valence electrons. The van der Waals surface area contributed by atoms with Gasteiger partial charge in [0.15, 0.2) is 18.9 Å². The van der Waals surface area contributed by atoms with Crippen LogP contribution in [0.25, 0.3) is 0 Å². The summed E-state index contributed by atoms with van der Waals surface area (Å²) in [6.45, 7) is 1.65. The molecule has 19 nitrogen and oxygen atoms in total. The predicted octanol–water partition coefficient (Wildman–Crippen LogP) is 19.4. The Labute approximate surface area is 711 Å². The van der Waals surface area contributed by atoms with E-state index in [4.69, 9.17) is 28.4 Å². The zero-order chi connectivity index (χ0) is 84.5. The van der Waals surface area contributed by atoms with Gasteiger partial charge in [-0.1, -0.05) is 387 Å². The van der Waals surface area contributed by atoms with Gasteiger partial charge in [0.25, 0.3) is 0 Å². The number of hydrogen-bond acceptors (Lipinski definition) is 18. The van der Waals surface area contributed by atoms with E-state index >= 15 is 0 Å². The van der Waals surface area contributed by atoms with E-state index in [1.54, 1.807) is 6.08 Å². The van der Waals surface area contributed by atoms with Gasteiger partial charge in [-0.3, -0.25) is 4.79 Å². The molecule has 3 aliphatic rings. The van der Waals surface area contributed by atoms with Crippen LogP contribution in [0, 0.1) is 0 Å². The van der Waals surface area contributed by atoms with Crippen LogP contribution in [0.5, 0.6) is 0 Å². The molecule has 117 heavy (non-hydrogen) atoms. The minimum Gasteiger partial charge on any atom is -0.394 e. The van der Waals surface area contributed by atoms with Crippen molar-refractivity contribution >= 4 is 5.91 Å². The number of hydrogen-bond donors (Lipinski definition) is 12. The molecule has 1 amide bonds. The lowest BCUT2D eigenvalue weighted by atomic mass is 9.96. The highest BCUT2D eigenvalue weighted by molar-refractivity contribution is 5.76. The largest absolute Gasteiger partial charge is 0.394 e. The Morgan fingerprint density at radius 2 is 0.598 bits per heavy atom. The fraction of sp³-hybridized carbons (Fsp3) is 0.827. The Balaban J connectivity index is 1.30. The third kappa shape index (κ3) is 54.2. The summed E-state index contributed by atoms with van der Waals surface area (Å²) in [6.07, 6.45) is 80.1. The second-order valence-corrected chi connectivity index (χ2v) is 33.8. The van der Waals surface area contributed by atoms with Crippen molar-refractivity contribution in [3.8, 4) is 0 Å². The molecule has 0 radical (unpaired) electrons. The molecule has 0 aromatic carbocycles. The average Bonchev–Trinajstić information content (AvgIpc) is 0.778. The van der Waals surface area contributed by atoms with Crippen LogP contribution in [0.1, 0.15) is 386 Å². The number of ether oxygens (including phenoxy) is 6. The fourth-order valence-corrected chi connectivity index (χ4v) is 15.8. The van der Waals surface area contributed by atoms with Crippen molar-refractivity contribution in [3.05, 3.63) is 97.2 Å². The van der Waals surface area contributed by atoms with Gasteiger partial charge in [-0.15, -0.1) is 0 Å². The molecule has 0 bridgehead atoms. The summed E-state index contributed by atoms with van der Waals surface area (Å²) in [6, 6.07) is -1.00. The molecular weight excluding hydrogens is 1480 g/mol. The lowest BCUT2D eigenvalue weighted by Crippen LogP contribution is -2.66. The molecule has 3 fully saturated rings. The maximum Gasteiger partial charge on any atom is 0.220 e. The quantitative estimate of drug-likeness (QED) is 0.0199. The number of allylic oxidation sites excluding steroid dienone is 15. The molecule has 0 aromatic rings. The Morgan fingerprint density at radius 3 is 0.957 bits per heavy atom. The lowest BCUT2D eigenvalue weighted by Gasteiger charge is -2.48. The second kappa shape index (κ2) is 76.4. The van der Waals surface area contributed by atoms with E-state index < -0.39 is 124 Å². The molecule has 3 rings (SSSR count). The number of aliphatic hydroxyl groups is 11. The normalized spacial score (nSPS) is 24.8. The van der Waals surface area contributed by atoms with Gasteiger partial charge in [-0.05, 0) is 89.9 Å². The van der Waals surface area contributed by atoms with E-state index in [9.17, 15) is 61.0 Å². The highest BCUT2D eigenvalue weighted by atomic mass is 16.8. The van der Waals surface area contributed by atoms with E-state index in [1.165, 1.54) is 276 Å².